The minimum Gasteiger partial charge on any atom is -1.00 e. The van der Waals surface area contributed by atoms with Crippen molar-refractivity contribution in [3.8, 4) is 0 Å². The van der Waals surface area contributed by atoms with Crippen LogP contribution in [0.3, 0.4) is 0 Å². The maximum atomic E-state index is 2.49. The Bertz CT molecular complexity index is 446. The first-order valence-corrected chi connectivity index (χ1v) is 10.2. The summed E-state index contributed by atoms with van der Waals surface area (Å²) < 4.78 is 0.758. The molecule has 2 rings (SSSR count). The fraction of sp³-hybridized carbons (Fsp3) is 0.600. The maximum absolute atomic E-state index is 2.49. The molecule has 0 amide bonds. The molecule has 128 valence electrons. The van der Waals surface area contributed by atoms with E-state index in [4.69, 9.17) is 0 Å². The second kappa shape index (κ2) is 10.3. The van der Waals surface area contributed by atoms with E-state index in [0.717, 1.165) is 0 Å². The molecule has 0 heterocycles. The van der Waals surface area contributed by atoms with Crippen molar-refractivity contribution in [2.45, 2.75) is 73.7 Å². The molecule has 0 spiro atoms. The van der Waals surface area contributed by atoms with Crippen molar-refractivity contribution in [3.05, 3.63) is 47.6 Å². The fourth-order valence-electron chi connectivity index (χ4n) is 3.48. The Morgan fingerprint density at radius 3 is 1.52 bits per heavy atom. The molecule has 0 aromatic carbocycles. The molecule has 2 aliphatic rings. The molecule has 0 aliphatic heterocycles. The van der Waals surface area contributed by atoms with Crippen molar-refractivity contribution in [1.29, 1.82) is 0 Å². The first kappa shape index (κ1) is 23.3. The van der Waals surface area contributed by atoms with Gasteiger partial charge in [0.05, 0.1) is 0 Å². The summed E-state index contributed by atoms with van der Waals surface area (Å²) in [6.45, 7) is 9.58. The number of allylic oxidation sites excluding steroid dienone is 8. The smallest absolute Gasteiger partial charge is 1.00 e. The number of rotatable bonds is 8. The van der Waals surface area contributed by atoms with E-state index >= 15 is 0 Å². The van der Waals surface area contributed by atoms with Crippen molar-refractivity contribution < 1.29 is 44.0 Å². The third-order valence-corrected chi connectivity index (χ3v) is 8.05. The molecule has 0 bridgehead atoms. The van der Waals surface area contributed by atoms with Crippen LogP contribution in [0.25, 0.3) is 0 Å². The van der Waals surface area contributed by atoms with E-state index in [0.29, 0.717) is 7.44 Å². The summed E-state index contributed by atoms with van der Waals surface area (Å²) in [5.41, 5.74) is 3.39. The molecule has 0 radical (unpaired) electrons. The normalized spacial score (nSPS) is 27.8. The minimum atomic E-state index is -0.139. The van der Waals surface area contributed by atoms with Gasteiger partial charge in [-0.1, -0.05) is 0 Å². The number of halogens is 2. The summed E-state index contributed by atoms with van der Waals surface area (Å²) in [5.74, 6) is 0. The van der Waals surface area contributed by atoms with Crippen molar-refractivity contribution in [2.24, 2.45) is 0 Å². The van der Waals surface area contributed by atoms with E-state index in [1.807, 2.05) is 0 Å². The van der Waals surface area contributed by atoms with Crippen LogP contribution in [-0.4, -0.2) is 0 Å². The molecular formula is C20H30Cl2Ti. The summed E-state index contributed by atoms with van der Waals surface area (Å²) in [5, 5.41) is 0. The molecule has 0 nitrogen and oxygen atoms in total. The van der Waals surface area contributed by atoms with Gasteiger partial charge in [-0.25, -0.2) is 0 Å². The van der Waals surface area contributed by atoms with Gasteiger partial charge in [-0.2, -0.15) is 0 Å². The molecule has 0 saturated heterocycles. The van der Waals surface area contributed by atoms with Gasteiger partial charge in [0, 0.05) is 0 Å². The first-order chi connectivity index (χ1) is 10.0. The predicted octanol–water partition coefficient (Wildman–Crippen LogP) is 0.807. The molecule has 2 unspecified atom stereocenters. The van der Waals surface area contributed by atoms with Gasteiger partial charge in [-0.3, -0.25) is 0 Å². The molecule has 2 atom stereocenters. The van der Waals surface area contributed by atoms with Gasteiger partial charge >= 0.3 is 140 Å². The molecule has 3 heteroatoms. The Balaban J connectivity index is 0.00000242. The van der Waals surface area contributed by atoms with Crippen LogP contribution in [0.2, 0.25) is 7.44 Å². The van der Waals surface area contributed by atoms with Crippen LogP contribution >= 0.6 is 0 Å². The van der Waals surface area contributed by atoms with Crippen LogP contribution in [-0.2, 0) is 19.2 Å². The van der Waals surface area contributed by atoms with E-state index in [2.05, 4.69) is 64.2 Å². The third kappa shape index (κ3) is 5.63. The molecule has 0 N–H and O–H groups in total. The quantitative estimate of drug-likeness (QED) is 0.539. The van der Waals surface area contributed by atoms with Crippen molar-refractivity contribution in [2.75, 3.05) is 0 Å². The van der Waals surface area contributed by atoms with Gasteiger partial charge in [0.1, 0.15) is 0 Å². The van der Waals surface area contributed by atoms with Crippen LogP contribution in [0.5, 0.6) is 0 Å². The third-order valence-electron chi connectivity index (χ3n) is 4.91. The van der Waals surface area contributed by atoms with Gasteiger partial charge < -0.3 is 24.8 Å². The summed E-state index contributed by atoms with van der Waals surface area (Å²) in [7, 11) is 0. The Morgan fingerprint density at radius 1 is 0.783 bits per heavy atom. The number of unbranched alkanes of at least 4 members (excludes halogenated alkanes) is 2. The van der Waals surface area contributed by atoms with E-state index in [1.165, 1.54) is 38.5 Å². The summed E-state index contributed by atoms with van der Waals surface area (Å²) in [4.78, 5) is 0. The van der Waals surface area contributed by atoms with E-state index in [-0.39, 0.29) is 44.0 Å². The van der Waals surface area contributed by atoms with Crippen LogP contribution < -0.4 is 24.8 Å². The van der Waals surface area contributed by atoms with E-state index in [1.54, 1.807) is 11.1 Å². The van der Waals surface area contributed by atoms with Gasteiger partial charge in [0.2, 0.25) is 0 Å². The SMILES string of the molecule is CCCCC1=CC=C[C]1(C)[Ti+2][C]1(C)C=CC=C1CCCC.[Cl-].[Cl-]. The molecule has 2 aliphatic carbocycles. The second-order valence-corrected chi connectivity index (χ2v) is 10.5. The zero-order valence-corrected chi connectivity index (χ0v) is 18.0. The zero-order chi connectivity index (χ0) is 15.3. The summed E-state index contributed by atoms with van der Waals surface area (Å²) >= 11 is -0.139. The maximum Gasteiger partial charge on any atom is -1.00 e. The van der Waals surface area contributed by atoms with Crippen LogP contribution in [0.4, 0.5) is 0 Å². The Kier molecular flexibility index (Phi) is 10.4. The monoisotopic (exact) mass is 388 g/mol. The molecular weight excluding hydrogens is 359 g/mol. The van der Waals surface area contributed by atoms with Crippen molar-refractivity contribution in [1.82, 2.24) is 0 Å². The minimum absolute atomic E-state index is 0. The largest absolute Gasteiger partial charge is 1.00 e. The summed E-state index contributed by atoms with van der Waals surface area (Å²) in [6.07, 6.45) is 22.2. The Labute approximate surface area is 164 Å². The van der Waals surface area contributed by atoms with Crippen LogP contribution in [0.1, 0.15) is 66.2 Å². The number of hydrogen-bond acceptors (Lipinski definition) is 0. The van der Waals surface area contributed by atoms with Gasteiger partial charge in [-0.15, -0.1) is 0 Å². The van der Waals surface area contributed by atoms with Gasteiger partial charge in [-0.05, 0) is 0 Å². The standard InChI is InChI=1S/2C10H15.2ClH.Ti/c2*1-3-4-7-10-8-5-6-9(10)2;;;/h2*5-6,8H,3-4,7H2,1-2H3;2*1H;/q;;;;+2/p-2. The summed E-state index contributed by atoms with van der Waals surface area (Å²) in [6, 6.07) is 0. The zero-order valence-electron chi connectivity index (χ0n) is 15.0. The van der Waals surface area contributed by atoms with Gasteiger partial charge in [0.25, 0.3) is 0 Å². The van der Waals surface area contributed by atoms with Crippen LogP contribution in [0.15, 0.2) is 47.6 Å². The second-order valence-electron chi connectivity index (χ2n) is 6.84. The average molecular weight is 389 g/mol. The van der Waals surface area contributed by atoms with Crippen molar-refractivity contribution >= 4 is 0 Å². The van der Waals surface area contributed by atoms with Crippen LogP contribution in [0, 0.1) is 0 Å². The Morgan fingerprint density at radius 2 is 1.17 bits per heavy atom. The fourth-order valence-corrected chi connectivity index (χ4v) is 6.88. The molecule has 0 aromatic heterocycles. The van der Waals surface area contributed by atoms with Crippen molar-refractivity contribution in [3.63, 3.8) is 0 Å². The first-order valence-electron chi connectivity index (χ1n) is 8.61. The van der Waals surface area contributed by atoms with E-state index < -0.39 is 0 Å². The molecule has 23 heavy (non-hydrogen) atoms. The molecule has 0 fully saturated rings. The van der Waals surface area contributed by atoms with Gasteiger partial charge in [0.15, 0.2) is 0 Å². The Hall–Kier alpha value is 0.254. The average Bonchev–Trinajstić information content (AvgIpc) is 2.97. The topological polar surface area (TPSA) is 0 Å². The predicted molar refractivity (Wildman–Crippen MR) is 90.2 cm³/mol. The molecule has 0 aromatic rings. The van der Waals surface area contributed by atoms with E-state index in [9.17, 15) is 0 Å². The number of hydrogen-bond donors (Lipinski definition) is 0. The molecule has 0 saturated carbocycles.